The van der Waals surface area contributed by atoms with Crippen molar-refractivity contribution in [1.29, 1.82) is 0 Å². The molecule has 5 rings (SSSR count). The maximum Gasteiger partial charge on any atom is 0.213 e. The van der Waals surface area contributed by atoms with Gasteiger partial charge in [-0.15, -0.1) is 0 Å². The highest BCUT2D eigenvalue weighted by atomic mass is 32.2. The summed E-state index contributed by atoms with van der Waals surface area (Å²) in [5.41, 5.74) is 3.09. The highest BCUT2D eigenvalue weighted by Gasteiger charge is 2.38. The van der Waals surface area contributed by atoms with Crippen molar-refractivity contribution in [2.75, 3.05) is 11.5 Å². The van der Waals surface area contributed by atoms with E-state index in [-0.39, 0.29) is 9.79 Å². The Bertz CT molecular complexity index is 1120. The molecule has 0 atom stereocenters. The molecule has 1 aromatic carbocycles. The lowest BCUT2D eigenvalue weighted by Crippen LogP contribution is -2.25. The Morgan fingerprint density at radius 2 is 1.67 bits per heavy atom. The summed E-state index contributed by atoms with van der Waals surface area (Å²) < 4.78 is 32.2. The van der Waals surface area contributed by atoms with Gasteiger partial charge in [0.1, 0.15) is 15.5 Å². The van der Waals surface area contributed by atoms with Gasteiger partial charge in [0.25, 0.3) is 0 Å². The molecule has 0 N–H and O–H groups in total. The number of nitrogens with zero attached hydrogens (tertiary/aromatic N) is 3. The van der Waals surface area contributed by atoms with E-state index < -0.39 is 9.84 Å². The van der Waals surface area contributed by atoms with Crippen LogP contribution in [0.3, 0.4) is 0 Å². The Labute approximate surface area is 157 Å². The van der Waals surface area contributed by atoms with Crippen LogP contribution >= 0.6 is 0 Å². The van der Waals surface area contributed by atoms with E-state index in [1.54, 1.807) is 41.6 Å². The molecule has 2 aliphatic heterocycles. The van der Waals surface area contributed by atoms with Crippen LogP contribution < -0.4 is 9.64 Å². The van der Waals surface area contributed by atoms with Gasteiger partial charge in [0.05, 0.1) is 12.3 Å². The maximum absolute atomic E-state index is 13.1. The lowest BCUT2D eigenvalue weighted by molar-refractivity contribution is 0.289. The first-order valence-electron chi connectivity index (χ1n) is 8.79. The molecule has 0 fully saturated rings. The minimum absolute atomic E-state index is 0.177. The highest BCUT2D eigenvalue weighted by Crippen LogP contribution is 2.49. The van der Waals surface area contributed by atoms with Gasteiger partial charge in [-0.2, -0.15) is 0 Å². The zero-order chi connectivity index (χ0) is 18.6. The summed E-state index contributed by atoms with van der Waals surface area (Å²) in [5, 5.41) is 0. The Kier molecular flexibility index (Phi) is 3.48. The normalized spacial score (nSPS) is 16.7. The van der Waals surface area contributed by atoms with Crippen LogP contribution in [0.1, 0.15) is 17.5 Å². The minimum atomic E-state index is -3.68. The van der Waals surface area contributed by atoms with Crippen LogP contribution in [0, 0.1) is 6.92 Å². The van der Waals surface area contributed by atoms with E-state index in [0.29, 0.717) is 18.2 Å². The maximum atomic E-state index is 13.1. The molecule has 0 unspecified atom stereocenters. The molecular formula is C20H17N3O3S. The first-order chi connectivity index (χ1) is 13.1. The zero-order valence-electron chi connectivity index (χ0n) is 14.7. The average molecular weight is 379 g/mol. The Hall–Kier alpha value is -2.93. The van der Waals surface area contributed by atoms with Crippen LogP contribution in [-0.4, -0.2) is 25.0 Å². The molecule has 0 saturated heterocycles. The van der Waals surface area contributed by atoms with Crippen molar-refractivity contribution in [3.63, 3.8) is 0 Å². The van der Waals surface area contributed by atoms with Crippen molar-refractivity contribution in [2.24, 2.45) is 0 Å². The second-order valence-corrected chi connectivity index (χ2v) is 8.54. The number of rotatable bonds is 1. The Morgan fingerprint density at radius 1 is 1.00 bits per heavy atom. The molecule has 3 aromatic rings. The fourth-order valence-corrected chi connectivity index (χ4v) is 5.27. The van der Waals surface area contributed by atoms with Gasteiger partial charge in [-0.25, -0.2) is 18.4 Å². The Morgan fingerprint density at radius 3 is 2.33 bits per heavy atom. The van der Waals surface area contributed by atoms with E-state index >= 15 is 0 Å². The number of benzene rings is 1. The van der Waals surface area contributed by atoms with Crippen LogP contribution in [0.25, 0.3) is 0 Å². The largest absolute Gasteiger partial charge is 0.491 e. The van der Waals surface area contributed by atoms with Gasteiger partial charge in [0.15, 0.2) is 11.6 Å². The second-order valence-electron chi connectivity index (χ2n) is 6.65. The second kappa shape index (κ2) is 5.79. The van der Waals surface area contributed by atoms with Crippen LogP contribution in [0.4, 0.5) is 17.3 Å². The van der Waals surface area contributed by atoms with E-state index in [4.69, 9.17) is 4.74 Å². The summed E-state index contributed by atoms with van der Waals surface area (Å²) in [6.07, 6.45) is 5.09. The SMILES string of the molecule is Cc1ccc(N2c3ncccc3S(=O)(=O)c3cccnc32)c2c1CCCO2. The predicted octanol–water partition coefficient (Wildman–Crippen LogP) is 3.73. The lowest BCUT2D eigenvalue weighted by atomic mass is 9.99. The van der Waals surface area contributed by atoms with E-state index in [9.17, 15) is 8.42 Å². The molecule has 136 valence electrons. The van der Waals surface area contributed by atoms with E-state index in [0.717, 1.165) is 29.8 Å². The summed E-state index contributed by atoms with van der Waals surface area (Å²) in [4.78, 5) is 10.9. The number of pyridine rings is 2. The molecule has 27 heavy (non-hydrogen) atoms. The van der Waals surface area contributed by atoms with Gasteiger partial charge in [0.2, 0.25) is 9.84 Å². The lowest BCUT2D eigenvalue weighted by Gasteiger charge is -2.33. The third-order valence-corrected chi connectivity index (χ3v) is 6.83. The molecule has 2 aromatic heterocycles. The number of anilines is 3. The number of hydrogen-bond donors (Lipinski definition) is 0. The smallest absolute Gasteiger partial charge is 0.213 e. The van der Waals surface area contributed by atoms with Gasteiger partial charge in [-0.05, 0) is 61.2 Å². The highest BCUT2D eigenvalue weighted by molar-refractivity contribution is 7.92. The summed E-state index contributed by atoms with van der Waals surface area (Å²) >= 11 is 0. The first kappa shape index (κ1) is 16.3. The molecule has 0 aliphatic carbocycles. The average Bonchev–Trinajstić information content (AvgIpc) is 2.70. The molecule has 0 radical (unpaired) electrons. The summed E-state index contributed by atoms with van der Waals surface area (Å²) in [5.74, 6) is 1.49. The van der Waals surface area contributed by atoms with E-state index in [2.05, 4.69) is 16.9 Å². The summed E-state index contributed by atoms with van der Waals surface area (Å²) in [6, 6.07) is 10.4. The Balaban J connectivity index is 1.85. The molecule has 2 aliphatic rings. The van der Waals surface area contributed by atoms with Crippen LogP contribution in [0.2, 0.25) is 0 Å². The van der Waals surface area contributed by atoms with E-state index in [1.165, 1.54) is 5.56 Å². The van der Waals surface area contributed by atoms with Gasteiger partial charge >= 0.3 is 0 Å². The third-order valence-electron chi connectivity index (χ3n) is 5.04. The molecule has 0 bridgehead atoms. The van der Waals surface area contributed by atoms with Gasteiger partial charge in [0, 0.05) is 12.4 Å². The summed E-state index contributed by atoms with van der Waals surface area (Å²) in [7, 11) is -3.68. The number of aryl methyl sites for hydroxylation is 1. The van der Waals surface area contributed by atoms with Gasteiger partial charge in [-0.1, -0.05) is 6.07 Å². The third kappa shape index (κ3) is 2.28. The number of aromatic nitrogens is 2. The molecule has 0 amide bonds. The predicted molar refractivity (Wildman–Crippen MR) is 101 cm³/mol. The molecule has 0 saturated carbocycles. The number of ether oxygens (including phenoxy) is 1. The molecule has 6 nitrogen and oxygen atoms in total. The first-order valence-corrected chi connectivity index (χ1v) is 10.3. The molecule has 7 heteroatoms. The van der Waals surface area contributed by atoms with Crippen molar-refractivity contribution in [3.8, 4) is 5.75 Å². The molecule has 0 spiro atoms. The van der Waals surface area contributed by atoms with Crippen molar-refractivity contribution in [3.05, 3.63) is 59.9 Å². The standard InChI is InChI=1S/C20H17N3O3S/c1-13-8-9-15(18-14(13)5-4-12-26-18)23-19-16(6-2-10-21-19)27(24,25)17-7-3-11-22-20(17)23/h2-3,6-11H,4-5,12H2,1H3. The number of fused-ring (bicyclic) bond motifs is 3. The molecular weight excluding hydrogens is 362 g/mol. The minimum Gasteiger partial charge on any atom is -0.491 e. The fourth-order valence-electron chi connectivity index (χ4n) is 3.75. The summed E-state index contributed by atoms with van der Waals surface area (Å²) in [6.45, 7) is 2.70. The van der Waals surface area contributed by atoms with Crippen molar-refractivity contribution >= 4 is 27.2 Å². The fraction of sp³-hybridized carbons (Fsp3) is 0.200. The number of hydrogen-bond acceptors (Lipinski definition) is 6. The van der Waals surface area contributed by atoms with Gasteiger partial charge in [-0.3, -0.25) is 4.90 Å². The van der Waals surface area contributed by atoms with Crippen LogP contribution in [0.5, 0.6) is 5.75 Å². The van der Waals surface area contributed by atoms with Gasteiger partial charge < -0.3 is 4.74 Å². The zero-order valence-corrected chi connectivity index (χ0v) is 15.5. The molecule has 4 heterocycles. The van der Waals surface area contributed by atoms with Crippen LogP contribution in [0.15, 0.2) is 58.6 Å². The topological polar surface area (TPSA) is 72.4 Å². The van der Waals surface area contributed by atoms with Crippen molar-refractivity contribution < 1.29 is 13.2 Å². The van der Waals surface area contributed by atoms with Crippen LogP contribution in [-0.2, 0) is 16.3 Å². The van der Waals surface area contributed by atoms with Crippen molar-refractivity contribution in [1.82, 2.24) is 9.97 Å². The van der Waals surface area contributed by atoms with E-state index in [1.807, 2.05) is 12.1 Å². The van der Waals surface area contributed by atoms with Crippen molar-refractivity contribution in [2.45, 2.75) is 29.6 Å². The monoisotopic (exact) mass is 379 g/mol. The quantitative estimate of drug-likeness (QED) is 0.502. The number of sulfone groups is 1.